The van der Waals surface area contributed by atoms with Crippen molar-refractivity contribution in [1.82, 2.24) is 19.1 Å². The lowest BCUT2D eigenvalue weighted by Crippen LogP contribution is -2.02. The van der Waals surface area contributed by atoms with E-state index in [1.165, 1.54) is 27.1 Å². The molecule has 4 nitrogen and oxygen atoms in total. The summed E-state index contributed by atoms with van der Waals surface area (Å²) in [5, 5.41) is 5.85. The molecule has 0 spiro atoms. The molecule has 0 saturated carbocycles. The van der Waals surface area contributed by atoms with Crippen LogP contribution in [0.2, 0.25) is 0 Å². The van der Waals surface area contributed by atoms with Gasteiger partial charge in [0.1, 0.15) is 0 Å². The van der Waals surface area contributed by atoms with E-state index in [9.17, 15) is 0 Å². The van der Waals surface area contributed by atoms with Gasteiger partial charge in [0.25, 0.3) is 0 Å². The smallest absolute Gasteiger partial charge is 0.235 e. The van der Waals surface area contributed by atoms with E-state index in [1.807, 2.05) is 6.07 Å². The maximum Gasteiger partial charge on any atom is 0.235 e. The molecule has 0 radical (unpaired) electrons. The summed E-state index contributed by atoms with van der Waals surface area (Å²) in [7, 11) is 0. The molecule has 4 heteroatoms. The quantitative estimate of drug-likeness (QED) is 0.214. The molecule has 3 aromatic heterocycles. The molecule has 0 aliphatic rings. The van der Waals surface area contributed by atoms with Gasteiger partial charge in [0.05, 0.1) is 22.2 Å². The molecule has 206 valence electrons. The first-order valence-corrected chi connectivity index (χ1v) is 14.8. The fraction of sp³-hybridized carbons (Fsp3) is 0. The van der Waals surface area contributed by atoms with Gasteiger partial charge < -0.3 is 4.57 Å². The van der Waals surface area contributed by atoms with E-state index >= 15 is 0 Å². The Bertz CT molecular complexity index is 2450. The molecule has 0 amide bonds. The van der Waals surface area contributed by atoms with Crippen LogP contribution in [0.1, 0.15) is 0 Å². The molecule has 3 heterocycles. The third-order valence-corrected chi connectivity index (χ3v) is 8.55. The van der Waals surface area contributed by atoms with E-state index < -0.39 is 0 Å². The Hall–Kier alpha value is -6.00. The Kier molecular flexibility index (Phi) is 5.47. The molecule has 0 atom stereocenters. The van der Waals surface area contributed by atoms with Crippen molar-refractivity contribution >= 4 is 43.5 Å². The highest BCUT2D eigenvalue weighted by Gasteiger charge is 2.18. The maximum absolute atomic E-state index is 5.34. The third kappa shape index (κ3) is 3.92. The fourth-order valence-corrected chi connectivity index (χ4v) is 6.43. The van der Waals surface area contributed by atoms with E-state index in [0.717, 1.165) is 44.4 Å². The van der Waals surface area contributed by atoms with Crippen LogP contribution in [0.5, 0.6) is 0 Å². The second-order valence-electron chi connectivity index (χ2n) is 11.2. The highest BCUT2D eigenvalue weighted by Crippen LogP contribution is 2.35. The van der Waals surface area contributed by atoms with Crippen LogP contribution < -0.4 is 0 Å². The van der Waals surface area contributed by atoms with Gasteiger partial charge >= 0.3 is 0 Å². The monoisotopic (exact) mass is 562 g/mol. The lowest BCUT2D eigenvalue weighted by atomic mass is 9.98. The zero-order valence-electron chi connectivity index (χ0n) is 23.8. The summed E-state index contributed by atoms with van der Waals surface area (Å²) in [4.78, 5) is 10.5. The number of aromatic nitrogens is 4. The molecule has 0 aliphatic heterocycles. The van der Waals surface area contributed by atoms with E-state index in [1.54, 1.807) is 0 Å². The normalized spacial score (nSPS) is 11.6. The van der Waals surface area contributed by atoms with E-state index in [4.69, 9.17) is 9.97 Å². The van der Waals surface area contributed by atoms with Gasteiger partial charge in [0, 0.05) is 39.8 Å². The zero-order chi connectivity index (χ0) is 29.0. The van der Waals surface area contributed by atoms with Crippen molar-refractivity contribution < 1.29 is 0 Å². The van der Waals surface area contributed by atoms with Crippen molar-refractivity contribution in [2.45, 2.75) is 0 Å². The molecule has 0 aliphatic carbocycles. The molecular weight excluding hydrogens is 536 g/mol. The van der Waals surface area contributed by atoms with Crippen molar-refractivity contribution in [2.75, 3.05) is 0 Å². The van der Waals surface area contributed by atoms with Crippen LogP contribution in [-0.2, 0) is 0 Å². The summed E-state index contributed by atoms with van der Waals surface area (Å²) in [6.45, 7) is 0. The average molecular weight is 563 g/mol. The van der Waals surface area contributed by atoms with E-state index in [2.05, 4.69) is 161 Å². The molecular formula is C40H26N4. The van der Waals surface area contributed by atoms with Gasteiger partial charge in [-0.1, -0.05) is 109 Å². The topological polar surface area (TPSA) is 35.6 Å². The summed E-state index contributed by atoms with van der Waals surface area (Å²) < 4.78 is 4.34. The second-order valence-corrected chi connectivity index (χ2v) is 11.2. The molecule has 0 unspecified atom stereocenters. The van der Waals surface area contributed by atoms with Crippen molar-refractivity contribution in [2.24, 2.45) is 0 Å². The maximum atomic E-state index is 5.34. The number of rotatable bonds is 4. The highest BCUT2D eigenvalue weighted by molar-refractivity contribution is 6.09. The molecule has 0 fully saturated rings. The Morgan fingerprint density at radius 1 is 0.432 bits per heavy atom. The number of hydrogen-bond donors (Lipinski definition) is 0. The number of nitrogens with zero attached hydrogens (tertiary/aromatic N) is 4. The Balaban J connectivity index is 1.30. The van der Waals surface area contributed by atoms with Gasteiger partial charge in [0.2, 0.25) is 5.95 Å². The first-order chi connectivity index (χ1) is 21.8. The largest absolute Gasteiger partial charge is 0.321 e. The van der Waals surface area contributed by atoms with Crippen LogP contribution in [0.15, 0.2) is 158 Å². The minimum Gasteiger partial charge on any atom is -0.321 e. The van der Waals surface area contributed by atoms with Crippen LogP contribution in [-0.4, -0.2) is 19.1 Å². The SMILES string of the molecule is c1ccc(-n2cc3nc(-n4c5ccccc5c5ccccc54)nc(-c4cccc(-c5ccc6ccccc6c5)c4)c3c2)cc1. The summed E-state index contributed by atoms with van der Waals surface area (Å²) in [6.07, 6.45) is 4.26. The fourth-order valence-electron chi connectivity index (χ4n) is 6.43. The van der Waals surface area contributed by atoms with Gasteiger partial charge in [-0.2, -0.15) is 0 Å². The summed E-state index contributed by atoms with van der Waals surface area (Å²) >= 11 is 0. The van der Waals surface area contributed by atoms with Crippen LogP contribution in [0.25, 0.3) is 77.5 Å². The minimum atomic E-state index is 0.659. The number of fused-ring (bicyclic) bond motifs is 5. The van der Waals surface area contributed by atoms with Gasteiger partial charge in [-0.15, -0.1) is 0 Å². The zero-order valence-corrected chi connectivity index (χ0v) is 23.8. The van der Waals surface area contributed by atoms with Crippen molar-refractivity contribution in [3.8, 4) is 34.0 Å². The second kappa shape index (κ2) is 9.79. The highest BCUT2D eigenvalue weighted by atomic mass is 15.2. The molecule has 9 aromatic rings. The molecule has 0 N–H and O–H groups in total. The van der Waals surface area contributed by atoms with Crippen LogP contribution >= 0.6 is 0 Å². The summed E-state index contributed by atoms with van der Waals surface area (Å²) in [5.41, 5.74) is 8.45. The van der Waals surface area contributed by atoms with Crippen molar-refractivity contribution in [3.63, 3.8) is 0 Å². The lowest BCUT2D eigenvalue weighted by molar-refractivity contribution is 1.01. The van der Waals surface area contributed by atoms with Crippen LogP contribution in [0.4, 0.5) is 0 Å². The standard InChI is InChI=1S/C40H26N4/c1-2-15-32(16-3-1)43-25-35-36(26-43)41-40(44-37-19-8-6-17-33(37)34-18-7-9-20-38(34)44)42-39(35)31-14-10-13-29(24-31)30-22-21-27-11-4-5-12-28(27)23-30/h1-26H. The Morgan fingerprint density at radius 2 is 1.09 bits per heavy atom. The van der Waals surface area contributed by atoms with Crippen LogP contribution in [0, 0.1) is 0 Å². The van der Waals surface area contributed by atoms with Crippen LogP contribution in [0.3, 0.4) is 0 Å². The number of hydrogen-bond acceptors (Lipinski definition) is 2. The molecule has 0 bridgehead atoms. The first kappa shape index (κ1) is 24.6. The predicted molar refractivity (Wildman–Crippen MR) is 182 cm³/mol. The van der Waals surface area contributed by atoms with Crippen molar-refractivity contribution in [3.05, 3.63) is 158 Å². The predicted octanol–water partition coefficient (Wildman–Crippen LogP) is 10.0. The summed E-state index contributed by atoms with van der Waals surface area (Å²) in [6, 6.07) is 51.2. The average Bonchev–Trinajstić information content (AvgIpc) is 3.68. The number of benzene rings is 6. The van der Waals surface area contributed by atoms with Crippen molar-refractivity contribution in [1.29, 1.82) is 0 Å². The first-order valence-electron chi connectivity index (χ1n) is 14.8. The van der Waals surface area contributed by atoms with Gasteiger partial charge in [-0.05, 0) is 58.3 Å². The van der Waals surface area contributed by atoms with E-state index in [0.29, 0.717) is 5.95 Å². The Morgan fingerprint density at radius 3 is 1.89 bits per heavy atom. The molecule has 6 aromatic carbocycles. The molecule has 44 heavy (non-hydrogen) atoms. The van der Waals surface area contributed by atoms with Gasteiger partial charge in [-0.3, -0.25) is 4.57 Å². The lowest BCUT2D eigenvalue weighted by Gasteiger charge is -2.11. The molecule has 9 rings (SSSR count). The number of para-hydroxylation sites is 3. The van der Waals surface area contributed by atoms with Gasteiger partial charge in [0.15, 0.2) is 0 Å². The third-order valence-electron chi connectivity index (χ3n) is 8.55. The van der Waals surface area contributed by atoms with Gasteiger partial charge in [-0.25, -0.2) is 9.97 Å². The Labute approximate surface area is 254 Å². The minimum absolute atomic E-state index is 0.659. The van der Waals surface area contributed by atoms with E-state index in [-0.39, 0.29) is 0 Å². The molecule has 0 saturated heterocycles. The summed E-state index contributed by atoms with van der Waals surface area (Å²) in [5.74, 6) is 0.659.